The molecule has 1 aromatic heterocycles. The molecule has 6 nitrogen and oxygen atoms in total. The van der Waals surface area contributed by atoms with Gasteiger partial charge in [-0.15, -0.1) is 0 Å². The lowest BCUT2D eigenvalue weighted by Gasteiger charge is -2.17. The summed E-state index contributed by atoms with van der Waals surface area (Å²) >= 11 is 0. The lowest BCUT2D eigenvalue weighted by atomic mass is 10.3. The Labute approximate surface area is 106 Å². The third-order valence-electron chi connectivity index (χ3n) is 2.27. The van der Waals surface area contributed by atoms with Gasteiger partial charge >= 0.3 is 5.97 Å². The van der Waals surface area contributed by atoms with Gasteiger partial charge in [0, 0.05) is 31.4 Å². The Bertz CT molecular complexity index is 451. The van der Waals surface area contributed by atoms with E-state index in [0.29, 0.717) is 6.54 Å². The monoisotopic (exact) mass is 251 g/mol. The first kappa shape index (κ1) is 14.0. The van der Waals surface area contributed by atoms with E-state index in [2.05, 4.69) is 5.10 Å². The Morgan fingerprint density at radius 3 is 2.78 bits per heavy atom. The highest BCUT2D eigenvalue weighted by Crippen LogP contribution is 2.01. The van der Waals surface area contributed by atoms with Gasteiger partial charge in [-0.1, -0.05) is 6.92 Å². The van der Waals surface area contributed by atoms with Crippen LogP contribution in [0.1, 0.15) is 18.9 Å². The minimum atomic E-state index is -1.01. The largest absolute Gasteiger partial charge is 0.480 e. The van der Waals surface area contributed by atoms with Crippen LogP contribution in [0.25, 0.3) is 6.08 Å². The van der Waals surface area contributed by atoms with Crippen LogP contribution in [0.15, 0.2) is 18.5 Å². The van der Waals surface area contributed by atoms with Crippen LogP contribution in [0.5, 0.6) is 0 Å². The summed E-state index contributed by atoms with van der Waals surface area (Å²) in [7, 11) is 1.78. The SMILES string of the molecule is CCCN(CC(=O)O)C(=O)/C=C/c1cnn(C)c1. The Balaban J connectivity index is 2.65. The van der Waals surface area contributed by atoms with Crippen LogP contribution in [0.4, 0.5) is 0 Å². The minimum absolute atomic E-state index is 0.274. The van der Waals surface area contributed by atoms with Crippen LogP contribution in [0, 0.1) is 0 Å². The van der Waals surface area contributed by atoms with Gasteiger partial charge < -0.3 is 10.0 Å². The van der Waals surface area contributed by atoms with Gasteiger partial charge in [-0.3, -0.25) is 14.3 Å². The molecule has 0 aliphatic rings. The molecule has 1 rings (SSSR count). The molecular formula is C12H17N3O3. The topological polar surface area (TPSA) is 75.4 Å². The molecule has 0 aromatic carbocycles. The van der Waals surface area contributed by atoms with E-state index in [1.807, 2.05) is 6.92 Å². The molecule has 1 N–H and O–H groups in total. The maximum Gasteiger partial charge on any atom is 0.323 e. The fraction of sp³-hybridized carbons (Fsp3) is 0.417. The summed E-state index contributed by atoms with van der Waals surface area (Å²) in [4.78, 5) is 23.7. The molecular weight excluding hydrogens is 234 g/mol. The van der Waals surface area contributed by atoms with Gasteiger partial charge in [-0.05, 0) is 12.5 Å². The zero-order chi connectivity index (χ0) is 13.5. The second-order valence-electron chi connectivity index (χ2n) is 3.93. The summed E-state index contributed by atoms with van der Waals surface area (Å²) in [6.45, 7) is 2.06. The van der Waals surface area contributed by atoms with Crippen LogP contribution >= 0.6 is 0 Å². The van der Waals surface area contributed by atoms with Crippen LogP contribution in [-0.2, 0) is 16.6 Å². The molecule has 0 saturated heterocycles. The van der Waals surface area contributed by atoms with Gasteiger partial charge in [-0.2, -0.15) is 5.10 Å². The van der Waals surface area contributed by atoms with Crippen LogP contribution in [-0.4, -0.2) is 44.8 Å². The third kappa shape index (κ3) is 4.40. The minimum Gasteiger partial charge on any atom is -0.480 e. The summed E-state index contributed by atoms with van der Waals surface area (Å²) in [5.41, 5.74) is 0.803. The maximum absolute atomic E-state index is 11.8. The molecule has 0 atom stereocenters. The van der Waals surface area contributed by atoms with E-state index in [1.54, 1.807) is 30.2 Å². The van der Waals surface area contributed by atoms with Crippen LogP contribution in [0.2, 0.25) is 0 Å². The van der Waals surface area contributed by atoms with E-state index >= 15 is 0 Å². The van der Waals surface area contributed by atoms with Gasteiger partial charge in [0.1, 0.15) is 6.54 Å². The molecule has 0 aliphatic carbocycles. The normalized spacial score (nSPS) is 10.8. The Morgan fingerprint density at radius 1 is 1.56 bits per heavy atom. The van der Waals surface area contributed by atoms with Crippen molar-refractivity contribution in [3.05, 3.63) is 24.0 Å². The van der Waals surface area contributed by atoms with Crippen LogP contribution in [0.3, 0.4) is 0 Å². The van der Waals surface area contributed by atoms with Gasteiger partial charge in [0.2, 0.25) is 5.91 Å². The number of carboxylic acids is 1. The third-order valence-corrected chi connectivity index (χ3v) is 2.27. The summed E-state index contributed by atoms with van der Waals surface area (Å²) in [5, 5.41) is 12.7. The first-order chi connectivity index (χ1) is 8.52. The molecule has 1 heterocycles. The lowest BCUT2D eigenvalue weighted by molar-refractivity contribution is -0.142. The van der Waals surface area contributed by atoms with E-state index in [4.69, 9.17) is 5.11 Å². The second-order valence-corrected chi connectivity index (χ2v) is 3.93. The number of rotatable bonds is 6. The fourth-order valence-corrected chi connectivity index (χ4v) is 1.50. The number of carboxylic acid groups (broad SMARTS) is 1. The molecule has 1 aromatic rings. The Hall–Kier alpha value is -2.11. The van der Waals surface area contributed by atoms with Gasteiger partial charge in [0.25, 0.3) is 0 Å². The standard InChI is InChI=1S/C12H17N3O3/c1-3-6-15(9-12(17)18)11(16)5-4-10-7-13-14(2)8-10/h4-5,7-8H,3,6,9H2,1-2H3,(H,17,18)/b5-4+. The number of carbonyl (C=O) groups excluding carboxylic acids is 1. The van der Waals surface area contributed by atoms with Crippen molar-refractivity contribution >= 4 is 18.0 Å². The van der Waals surface area contributed by atoms with Crippen molar-refractivity contribution in [1.29, 1.82) is 0 Å². The van der Waals surface area contributed by atoms with Crippen molar-refractivity contribution in [3.8, 4) is 0 Å². The lowest BCUT2D eigenvalue weighted by Crippen LogP contribution is -2.35. The van der Waals surface area contributed by atoms with Crippen molar-refractivity contribution in [3.63, 3.8) is 0 Å². The molecule has 0 aliphatic heterocycles. The number of aromatic nitrogens is 2. The van der Waals surface area contributed by atoms with Gasteiger partial charge in [0.05, 0.1) is 6.20 Å². The Morgan fingerprint density at radius 2 is 2.28 bits per heavy atom. The zero-order valence-electron chi connectivity index (χ0n) is 10.5. The molecule has 1 amide bonds. The van der Waals surface area contributed by atoms with E-state index in [0.717, 1.165) is 12.0 Å². The number of amides is 1. The van der Waals surface area contributed by atoms with E-state index in [9.17, 15) is 9.59 Å². The molecule has 98 valence electrons. The maximum atomic E-state index is 11.8. The smallest absolute Gasteiger partial charge is 0.323 e. The molecule has 6 heteroatoms. The van der Waals surface area contributed by atoms with Gasteiger partial charge in [0.15, 0.2) is 0 Å². The average molecular weight is 251 g/mol. The number of aryl methyl sites for hydroxylation is 1. The van der Waals surface area contributed by atoms with Crippen LogP contribution < -0.4 is 0 Å². The first-order valence-electron chi connectivity index (χ1n) is 5.70. The number of carbonyl (C=O) groups is 2. The molecule has 0 bridgehead atoms. The molecule has 0 fully saturated rings. The highest BCUT2D eigenvalue weighted by atomic mass is 16.4. The quantitative estimate of drug-likeness (QED) is 0.757. The molecule has 0 unspecified atom stereocenters. The van der Waals surface area contributed by atoms with Crippen molar-refractivity contribution < 1.29 is 14.7 Å². The molecule has 0 radical (unpaired) electrons. The Kier molecular flexibility index (Phi) is 5.10. The summed E-state index contributed by atoms with van der Waals surface area (Å²) in [5.74, 6) is -1.31. The van der Waals surface area contributed by atoms with E-state index in [-0.39, 0.29) is 12.5 Å². The van der Waals surface area contributed by atoms with Crippen molar-refractivity contribution in [1.82, 2.24) is 14.7 Å². The highest BCUT2D eigenvalue weighted by Gasteiger charge is 2.12. The van der Waals surface area contributed by atoms with E-state index < -0.39 is 5.97 Å². The zero-order valence-corrected chi connectivity index (χ0v) is 10.5. The summed E-state index contributed by atoms with van der Waals surface area (Å²) < 4.78 is 1.63. The fourth-order valence-electron chi connectivity index (χ4n) is 1.50. The number of hydrogen-bond donors (Lipinski definition) is 1. The number of hydrogen-bond acceptors (Lipinski definition) is 3. The van der Waals surface area contributed by atoms with Crippen molar-refractivity contribution in [2.45, 2.75) is 13.3 Å². The van der Waals surface area contributed by atoms with Gasteiger partial charge in [-0.25, -0.2) is 0 Å². The predicted octanol–water partition coefficient (Wildman–Crippen LogP) is 0.756. The molecule has 0 saturated carbocycles. The highest BCUT2D eigenvalue weighted by molar-refractivity contribution is 5.93. The molecule has 0 spiro atoms. The summed E-state index contributed by atoms with van der Waals surface area (Å²) in [6, 6.07) is 0. The predicted molar refractivity (Wildman–Crippen MR) is 66.7 cm³/mol. The molecule has 18 heavy (non-hydrogen) atoms. The number of nitrogens with zero attached hydrogens (tertiary/aromatic N) is 3. The average Bonchev–Trinajstić information content (AvgIpc) is 2.71. The first-order valence-corrected chi connectivity index (χ1v) is 5.70. The van der Waals surface area contributed by atoms with Crippen molar-refractivity contribution in [2.24, 2.45) is 7.05 Å². The second kappa shape index (κ2) is 6.58. The van der Waals surface area contributed by atoms with E-state index in [1.165, 1.54) is 11.0 Å². The van der Waals surface area contributed by atoms with Crippen molar-refractivity contribution in [2.75, 3.05) is 13.1 Å². The summed E-state index contributed by atoms with van der Waals surface area (Å²) in [6.07, 6.45) is 7.12. The number of aliphatic carboxylic acids is 1.